The highest BCUT2D eigenvalue weighted by Crippen LogP contribution is 2.11. The summed E-state index contributed by atoms with van der Waals surface area (Å²) in [6, 6.07) is 1.25. The summed E-state index contributed by atoms with van der Waals surface area (Å²) in [4.78, 5) is 0. The standard InChI is InChI=1S/C12H26N2O/c1-10(9-15)8-14-11(2)7-12-5-3-4-6-13-12/h10-15H,3-9H2,1-2H3. The Balaban J connectivity index is 2.08. The van der Waals surface area contributed by atoms with Crippen molar-refractivity contribution >= 4 is 0 Å². The van der Waals surface area contributed by atoms with E-state index in [1.54, 1.807) is 0 Å². The lowest BCUT2D eigenvalue weighted by Gasteiger charge is -2.27. The van der Waals surface area contributed by atoms with Gasteiger partial charge in [0.1, 0.15) is 0 Å². The van der Waals surface area contributed by atoms with Crippen LogP contribution in [0.4, 0.5) is 0 Å². The second-order valence-electron chi connectivity index (χ2n) is 4.98. The molecule has 1 heterocycles. The topological polar surface area (TPSA) is 44.3 Å². The fraction of sp³-hybridized carbons (Fsp3) is 1.00. The van der Waals surface area contributed by atoms with Crippen LogP contribution in [-0.2, 0) is 0 Å². The summed E-state index contributed by atoms with van der Waals surface area (Å²) in [7, 11) is 0. The van der Waals surface area contributed by atoms with Gasteiger partial charge in [-0.3, -0.25) is 0 Å². The van der Waals surface area contributed by atoms with Crippen molar-refractivity contribution in [2.24, 2.45) is 5.92 Å². The zero-order valence-corrected chi connectivity index (χ0v) is 10.1. The molecule has 3 unspecified atom stereocenters. The first kappa shape index (κ1) is 12.9. The zero-order chi connectivity index (χ0) is 11.1. The second kappa shape index (κ2) is 7.20. The molecule has 0 aromatic carbocycles. The Hall–Kier alpha value is -0.120. The summed E-state index contributed by atoms with van der Waals surface area (Å²) >= 11 is 0. The zero-order valence-electron chi connectivity index (χ0n) is 10.1. The highest BCUT2D eigenvalue weighted by molar-refractivity contribution is 4.77. The molecule has 3 heteroatoms. The van der Waals surface area contributed by atoms with Gasteiger partial charge in [0.2, 0.25) is 0 Å². The van der Waals surface area contributed by atoms with Gasteiger partial charge in [0.15, 0.2) is 0 Å². The third-order valence-corrected chi connectivity index (χ3v) is 3.18. The number of aliphatic hydroxyl groups excluding tert-OH is 1. The maximum absolute atomic E-state index is 8.92. The minimum absolute atomic E-state index is 0.279. The van der Waals surface area contributed by atoms with Gasteiger partial charge in [-0.15, -0.1) is 0 Å². The maximum Gasteiger partial charge on any atom is 0.0468 e. The van der Waals surface area contributed by atoms with Gasteiger partial charge in [0.05, 0.1) is 0 Å². The van der Waals surface area contributed by atoms with Gasteiger partial charge in [-0.2, -0.15) is 0 Å². The first-order valence-electron chi connectivity index (χ1n) is 6.30. The van der Waals surface area contributed by atoms with Gasteiger partial charge in [-0.25, -0.2) is 0 Å². The largest absolute Gasteiger partial charge is 0.396 e. The average molecular weight is 214 g/mol. The Morgan fingerprint density at radius 1 is 1.40 bits per heavy atom. The predicted octanol–water partition coefficient (Wildman–Crippen LogP) is 1.13. The van der Waals surface area contributed by atoms with Crippen LogP contribution in [-0.4, -0.2) is 36.9 Å². The van der Waals surface area contributed by atoms with Crippen LogP contribution in [0.25, 0.3) is 0 Å². The molecule has 1 aliphatic heterocycles. The summed E-state index contributed by atoms with van der Waals surface area (Å²) in [5.41, 5.74) is 0. The molecule has 90 valence electrons. The van der Waals surface area contributed by atoms with E-state index < -0.39 is 0 Å². The van der Waals surface area contributed by atoms with E-state index in [1.165, 1.54) is 32.2 Å². The Labute approximate surface area is 93.6 Å². The highest BCUT2D eigenvalue weighted by atomic mass is 16.3. The van der Waals surface area contributed by atoms with Crippen LogP contribution in [0.2, 0.25) is 0 Å². The molecule has 0 amide bonds. The molecule has 3 N–H and O–H groups in total. The molecule has 0 spiro atoms. The van der Waals surface area contributed by atoms with E-state index in [4.69, 9.17) is 5.11 Å². The Morgan fingerprint density at radius 2 is 2.20 bits per heavy atom. The van der Waals surface area contributed by atoms with E-state index in [-0.39, 0.29) is 6.61 Å². The van der Waals surface area contributed by atoms with Crippen LogP contribution >= 0.6 is 0 Å². The molecule has 0 aliphatic carbocycles. The molecule has 1 aliphatic rings. The lowest BCUT2D eigenvalue weighted by atomic mass is 9.98. The molecule has 15 heavy (non-hydrogen) atoms. The number of hydrogen-bond acceptors (Lipinski definition) is 3. The number of nitrogens with one attached hydrogen (secondary N) is 2. The molecule has 3 atom stereocenters. The molecule has 0 radical (unpaired) electrons. The second-order valence-corrected chi connectivity index (χ2v) is 4.98. The van der Waals surface area contributed by atoms with Gasteiger partial charge >= 0.3 is 0 Å². The van der Waals surface area contributed by atoms with Crippen LogP contribution in [0.15, 0.2) is 0 Å². The first-order valence-corrected chi connectivity index (χ1v) is 6.30. The molecule has 1 rings (SSSR count). The summed E-state index contributed by atoms with van der Waals surface area (Å²) in [6.07, 6.45) is 5.23. The Bertz CT molecular complexity index is 158. The number of hydrogen-bond donors (Lipinski definition) is 3. The van der Waals surface area contributed by atoms with Crippen molar-refractivity contribution in [3.05, 3.63) is 0 Å². The molecule has 1 fully saturated rings. The van der Waals surface area contributed by atoms with Crippen LogP contribution < -0.4 is 10.6 Å². The summed E-state index contributed by atoms with van der Waals surface area (Å²) in [5, 5.41) is 16.0. The molecule has 0 saturated carbocycles. The fourth-order valence-electron chi connectivity index (χ4n) is 2.10. The van der Waals surface area contributed by atoms with E-state index in [0.717, 1.165) is 6.54 Å². The van der Waals surface area contributed by atoms with Crippen molar-refractivity contribution in [2.75, 3.05) is 19.7 Å². The summed E-state index contributed by atoms with van der Waals surface area (Å²) in [5.74, 6) is 0.367. The minimum Gasteiger partial charge on any atom is -0.396 e. The van der Waals surface area contributed by atoms with Gasteiger partial charge in [-0.1, -0.05) is 13.3 Å². The fourth-order valence-corrected chi connectivity index (χ4v) is 2.10. The van der Waals surface area contributed by atoms with Gasteiger partial charge in [0, 0.05) is 25.2 Å². The SMILES string of the molecule is CC(CO)CNC(C)CC1CCCCN1. The third-order valence-electron chi connectivity index (χ3n) is 3.18. The van der Waals surface area contributed by atoms with Crippen LogP contribution in [0.1, 0.15) is 39.5 Å². The van der Waals surface area contributed by atoms with Gasteiger partial charge in [-0.05, 0) is 38.6 Å². The Kier molecular flexibility index (Phi) is 6.22. The molecular formula is C12H26N2O. The van der Waals surface area contributed by atoms with Crippen LogP contribution in [0, 0.1) is 5.92 Å². The summed E-state index contributed by atoms with van der Waals surface area (Å²) < 4.78 is 0. The molecule has 3 nitrogen and oxygen atoms in total. The first-order chi connectivity index (χ1) is 7.22. The van der Waals surface area contributed by atoms with Crippen molar-refractivity contribution in [1.29, 1.82) is 0 Å². The van der Waals surface area contributed by atoms with E-state index in [0.29, 0.717) is 18.0 Å². The van der Waals surface area contributed by atoms with Gasteiger partial charge < -0.3 is 15.7 Å². The number of rotatable bonds is 6. The lowest BCUT2D eigenvalue weighted by molar-refractivity contribution is 0.228. The molecule has 0 aromatic heterocycles. The van der Waals surface area contributed by atoms with Crippen LogP contribution in [0.5, 0.6) is 0 Å². The molecular weight excluding hydrogens is 188 g/mol. The molecule has 0 aromatic rings. The van der Waals surface area contributed by atoms with Crippen molar-refractivity contribution in [1.82, 2.24) is 10.6 Å². The quantitative estimate of drug-likeness (QED) is 0.621. The summed E-state index contributed by atoms with van der Waals surface area (Å²) in [6.45, 7) is 6.69. The van der Waals surface area contributed by atoms with Crippen LogP contribution in [0.3, 0.4) is 0 Å². The van der Waals surface area contributed by atoms with E-state index in [2.05, 4.69) is 24.5 Å². The Morgan fingerprint density at radius 3 is 2.80 bits per heavy atom. The number of piperidine rings is 1. The predicted molar refractivity (Wildman–Crippen MR) is 64.0 cm³/mol. The van der Waals surface area contributed by atoms with E-state index >= 15 is 0 Å². The number of aliphatic hydroxyl groups is 1. The normalized spacial score (nSPS) is 26.2. The van der Waals surface area contributed by atoms with E-state index in [1.807, 2.05) is 0 Å². The maximum atomic E-state index is 8.92. The average Bonchev–Trinajstić information content (AvgIpc) is 2.27. The van der Waals surface area contributed by atoms with Crippen molar-refractivity contribution in [3.8, 4) is 0 Å². The minimum atomic E-state index is 0.279. The smallest absolute Gasteiger partial charge is 0.0468 e. The van der Waals surface area contributed by atoms with Gasteiger partial charge in [0.25, 0.3) is 0 Å². The van der Waals surface area contributed by atoms with E-state index in [9.17, 15) is 0 Å². The van der Waals surface area contributed by atoms with Crippen molar-refractivity contribution < 1.29 is 5.11 Å². The third kappa shape index (κ3) is 5.50. The monoisotopic (exact) mass is 214 g/mol. The molecule has 0 bridgehead atoms. The highest BCUT2D eigenvalue weighted by Gasteiger charge is 2.15. The van der Waals surface area contributed by atoms with Crippen molar-refractivity contribution in [2.45, 2.75) is 51.6 Å². The van der Waals surface area contributed by atoms with Crippen molar-refractivity contribution in [3.63, 3.8) is 0 Å². The molecule has 1 saturated heterocycles. The lowest BCUT2D eigenvalue weighted by Crippen LogP contribution is -2.41.